The van der Waals surface area contributed by atoms with Crippen LogP contribution in [0.3, 0.4) is 0 Å². The molecule has 1 amide bonds. The van der Waals surface area contributed by atoms with Gasteiger partial charge >= 0.3 is 0 Å². The van der Waals surface area contributed by atoms with Crippen LogP contribution >= 0.6 is 15.9 Å². The van der Waals surface area contributed by atoms with Gasteiger partial charge in [-0.2, -0.15) is 10.2 Å². The number of carbonyl (C=O) groups is 1. The zero-order valence-electron chi connectivity index (χ0n) is 11.2. The quantitative estimate of drug-likeness (QED) is 0.859. The highest BCUT2D eigenvalue weighted by molar-refractivity contribution is 9.10. The van der Waals surface area contributed by atoms with Crippen LogP contribution in [-0.4, -0.2) is 37.4 Å². The van der Waals surface area contributed by atoms with Crippen LogP contribution in [0.25, 0.3) is 0 Å². The molecule has 7 heteroatoms. The smallest absolute Gasteiger partial charge is 0.272 e. The molecule has 19 heavy (non-hydrogen) atoms. The predicted molar refractivity (Wildman–Crippen MR) is 74.6 cm³/mol. The number of carbonyl (C=O) groups excluding carboxylic acids is 1. The minimum absolute atomic E-state index is 0.0595. The standard InChI is InChI=1S/C12H16BrN5O/c1-4-18-11(9(13)7-15-18)8-16(2)12(19)10-5-6-14-17(10)3/h5-7H,4,8H2,1-3H3. The molecule has 2 aromatic rings. The van der Waals surface area contributed by atoms with Crippen molar-refractivity contribution in [3.8, 4) is 0 Å². The Morgan fingerprint density at radius 1 is 1.47 bits per heavy atom. The molecule has 0 radical (unpaired) electrons. The fourth-order valence-corrected chi connectivity index (χ4v) is 2.31. The van der Waals surface area contributed by atoms with Crippen LogP contribution in [0.2, 0.25) is 0 Å². The predicted octanol–water partition coefficient (Wildman–Crippen LogP) is 1.67. The van der Waals surface area contributed by atoms with E-state index in [-0.39, 0.29) is 5.91 Å². The van der Waals surface area contributed by atoms with Crippen molar-refractivity contribution in [2.24, 2.45) is 7.05 Å². The second kappa shape index (κ2) is 5.56. The lowest BCUT2D eigenvalue weighted by molar-refractivity contribution is 0.0770. The number of rotatable bonds is 4. The van der Waals surface area contributed by atoms with Gasteiger partial charge in [-0.3, -0.25) is 14.2 Å². The molecule has 0 aliphatic carbocycles. The van der Waals surface area contributed by atoms with Gasteiger partial charge in [-0.05, 0) is 28.9 Å². The molecule has 2 aromatic heterocycles. The topological polar surface area (TPSA) is 56.0 Å². The summed E-state index contributed by atoms with van der Waals surface area (Å²) in [5.74, 6) is -0.0595. The van der Waals surface area contributed by atoms with Gasteiger partial charge in [0, 0.05) is 26.8 Å². The number of aryl methyl sites for hydroxylation is 2. The van der Waals surface area contributed by atoms with Crippen LogP contribution in [0.5, 0.6) is 0 Å². The maximum absolute atomic E-state index is 12.3. The normalized spacial score (nSPS) is 10.7. The second-order valence-electron chi connectivity index (χ2n) is 4.26. The van der Waals surface area contributed by atoms with E-state index in [9.17, 15) is 4.79 Å². The maximum Gasteiger partial charge on any atom is 0.272 e. The first-order chi connectivity index (χ1) is 9.04. The zero-order chi connectivity index (χ0) is 14.0. The fourth-order valence-electron chi connectivity index (χ4n) is 1.89. The first-order valence-electron chi connectivity index (χ1n) is 5.98. The van der Waals surface area contributed by atoms with Gasteiger partial charge in [0.05, 0.1) is 22.9 Å². The summed E-state index contributed by atoms with van der Waals surface area (Å²) in [5, 5.41) is 8.25. The largest absolute Gasteiger partial charge is 0.334 e. The summed E-state index contributed by atoms with van der Waals surface area (Å²) >= 11 is 3.46. The van der Waals surface area contributed by atoms with Gasteiger partial charge in [0.25, 0.3) is 5.91 Å². The number of hydrogen-bond donors (Lipinski definition) is 0. The molecule has 0 saturated heterocycles. The first kappa shape index (κ1) is 13.8. The van der Waals surface area contributed by atoms with Crippen molar-refractivity contribution in [2.75, 3.05) is 7.05 Å². The van der Waals surface area contributed by atoms with Gasteiger partial charge in [-0.15, -0.1) is 0 Å². The number of amides is 1. The molecular weight excluding hydrogens is 310 g/mol. The van der Waals surface area contributed by atoms with E-state index in [1.165, 1.54) is 0 Å². The average Bonchev–Trinajstić information content (AvgIpc) is 2.96. The van der Waals surface area contributed by atoms with E-state index in [0.717, 1.165) is 16.7 Å². The van der Waals surface area contributed by atoms with Gasteiger partial charge in [0.1, 0.15) is 5.69 Å². The number of hydrogen-bond acceptors (Lipinski definition) is 3. The van der Waals surface area contributed by atoms with E-state index in [0.29, 0.717) is 12.2 Å². The van der Waals surface area contributed by atoms with E-state index < -0.39 is 0 Å². The minimum atomic E-state index is -0.0595. The molecule has 0 N–H and O–H groups in total. The monoisotopic (exact) mass is 325 g/mol. The Morgan fingerprint density at radius 3 is 2.79 bits per heavy atom. The highest BCUT2D eigenvalue weighted by Crippen LogP contribution is 2.18. The summed E-state index contributed by atoms with van der Waals surface area (Å²) in [5.41, 5.74) is 1.56. The summed E-state index contributed by atoms with van der Waals surface area (Å²) in [6.07, 6.45) is 3.37. The lowest BCUT2D eigenvalue weighted by atomic mass is 10.3. The third kappa shape index (κ3) is 2.70. The number of aromatic nitrogens is 4. The van der Waals surface area contributed by atoms with Gasteiger partial charge in [0.15, 0.2) is 0 Å². The highest BCUT2D eigenvalue weighted by atomic mass is 79.9. The molecule has 0 fully saturated rings. The van der Waals surface area contributed by atoms with Gasteiger partial charge < -0.3 is 4.90 Å². The fraction of sp³-hybridized carbons (Fsp3) is 0.417. The molecule has 0 unspecified atom stereocenters. The SMILES string of the molecule is CCn1ncc(Br)c1CN(C)C(=O)c1ccnn1C. The van der Waals surface area contributed by atoms with Crippen molar-refractivity contribution in [2.45, 2.75) is 20.0 Å². The Balaban J connectivity index is 2.17. The van der Waals surface area contributed by atoms with Crippen molar-refractivity contribution in [3.05, 3.63) is 34.3 Å². The van der Waals surface area contributed by atoms with Crippen LogP contribution in [-0.2, 0) is 20.1 Å². The van der Waals surface area contributed by atoms with E-state index >= 15 is 0 Å². The van der Waals surface area contributed by atoms with Gasteiger partial charge in [-0.1, -0.05) is 0 Å². The molecule has 0 aliphatic heterocycles. The van der Waals surface area contributed by atoms with Crippen LogP contribution in [0.4, 0.5) is 0 Å². The first-order valence-corrected chi connectivity index (χ1v) is 6.77. The van der Waals surface area contributed by atoms with Crippen molar-refractivity contribution < 1.29 is 4.79 Å². The number of halogens is 1. The minimum Gasteiger partial charge on any atom is -0.334 e. The Kier molecular flexibility index (Phi) is 4.04. The molecule has 0 aromatic carbocycles. The lowest BCUT2D eigenvalue weighted by Crippen LogP contribution is -2.29. The van der Waals surface area contributed by atoms with Crippen LogP contribution in [0, 0.1) is 0 Å². The van der Waals surface area contributed by atoms with Crippen molar-refractivity contribution in [1.29, 1.82) is 0 Å². The van der Waals surface area contributed by atoms with E-state index in [4.69, 9.17) is 0 Å². The molecule has 6 nitrogen and oxygen atoms in total. The van der Waals surface area contributed by atoms with E-state index in [1.807, 2.05) is 11.6 Å². The Bertz CT molecular complexity index is 589. The van der Waals surface area contributed by atoms with Gasteiger partial charge in [0.2, 0.25) is 0 Å². The summed E-state index contributed by atoms with van der Waals surface area (Å²) < 4.78 is 4.36. The van der Waals surface area contributed by atoms with Crippen LogP contribution in [0.15, 0.2) is 22.9 Å². The summed E-state index contributed by atoms with van der Waals surface area (Å²) in [6.45, 7) is 3.29. The molecule has 2 heterocycles. The Morgan fingerprint density at radius 2 is 2.21 bits per heavy atom. The van der Waals surface area contributed by atoms with E-state index in [2.05, 4.69) is 26.1 Å². The van der Waals surface area contributed by atoms with Gasteiger partial charge in [-0.25, -0.2) is 0 Å². The molecule has 0 saturated carbocycles. The van der Waals surface area contributed by atoms with Crippen molar-refractivity contribution >= 4 is 21.8 Å². The maximum atomic E-state index is 12.3. The molecular formula is C12H16BrN5O. The lowest BCUT2D eigenvalue weighted by Gasteiger charge is -2.18. The summed E-state index contributed by atoms with van der Waals surface area (Å²) in [7, 11) is 3.53. The Labute approximate surface area is 120 Å². The number of nitrogens with zero attached hydrogens (tertiary/aromatic N) is 5. The molecule has 0 bridgehead atoms. The van der Waals surface area contributed by atoms with Crippen molar-refractivity contribution in [3.63, 3.8) is 0 Å². The molecule has 0 atom stereocenters. The zero-order valence-corrected chi connectivity index (χ0v) is 12.8. The molecule has 102 valence electrons. The van der Waals surface area contributed by atoms with Crippen LogP contribution < -0.4 is 0 Å². The second-order valence-corrected chi connectivity index (χ2v) is 5.11. The molecule has 0 spiro atoms. The molecule has 2 rings (SSSR count). The third-order valence-corrected chi connectivity index (χ3v) is 3.63. The average molecular weight is 326 g/mol. The summed E-state index contributed by atoms with van der Waals surface area (Å²) in [6, 6.07) is 1.71. The molecule has 0 aliphatic rings. The Hall–Kier alpha value is -1.63. The third-order valence-electron chi connectivity index (χ3n) is 2.97. The van der Waals surface area contributed by atoms with Crippen LogP contribution in [0.1, 0.15) is 23.1 Å². The van der Waals surface area contributed by atoms with Crippen molar-refractivity contribution in [1.82, 2.24) is 24.5 Å². The van der Waals surface area contributed by atoms with E-state index in [1.54, 1.807) is 42.1 Å². The summed E-state index contributed by atoms with van der Waals surface area (Å²) in [4.78, 5) is 13.9. The highest BCUT2D eigenvalue weighted by Gasteiger charge is 2.18.